The van der Waals surface area contributed by atoms with Crippen molar-refractivity contribution >= 4 is 9.84 Å². The third-order valence-electron chi connectivity index (χ3n) is 2.74. The lowest BCUT2D eigenvalue weighted by Crippen LogP contribution is -2.43. The highest BCUT2D eigenvalue weighted by Crippen LogP contribution is 2.02. The average Bonchev–Trinajstić information content (AvgIpc) is 2.25. The molecule has 0 amide bonds. The van der Waals surface area contributed by atoms with Crippen LogP contribution in [0.4, 0.5) is 0 Å². The second kappa shape index (κ2) is 7.21. The summed E-state index contributed by atoms with van der Waals surface area (Å²) in [6, 6.07) is 0. The molecule has 0 saturated carbocycles. The van der Waals surface area contributed by atoms with Crippen LogP contribution in [0.5, 0.6) is 0 Å². The van der Waals surface area contributed by atoms with Crippen molar-refractivity contribution in [1.82, 2.24) is 10.2 Å². The number of methoxy groups -OCH3 is 1. The third kappa shape index (κ3) is 5.79. The van der Waals surface area contributed by atoms with Gasteiger partial charge in [0, 0.05) is 39.9 Å². The van der Waals surface area contributed by atoms with Gasteiger partial charge in [0.15, 0.2) is 9.84 Å². The minimum absolute atomic E-state index is 0.316. The Hall–Kier alpha value is -0.170. The van der Waals surface area contributed by atoms with Gasteiger partial charge in [0.25, 0.3) is 0 Å². The molecule has 0 atom stereocenters. The molecule has 1 heterocycles. The predicted octanol–water partition coefficient (Wildman–Crippen LogP) is -0.657. The summed E-state index contributed by atoms with van der Waals surface area (Å²) in [5, 5.41) is 3.32. The highest BCUT2D eigenvalue weighted by molar-refractivity contribution is 7.91. The fraction of sp³-hybridized carbons (Fsp3) is 1.00. The van der Waals surface area contributed by atoms with Crippen LogP contribution in [0.1, 0.15) is 6.42 Å². The number of rotatable bonds is 7. The number of ether oxygens (including phenoxy) is 1. The first-order valence-electron chi connectivity index (χ1n) is 5.76. The van der Waals surface area contributed by atoms with Crippen LogP contribution < -0.4 is 5.32 Å². The molecule has 96 valence electrons. The summed E-state index contributed by atoms with van der Waals surface area (Å²) in [6.07, 6.45) is 1.02. The molecule has 0 aromatic heterocycles. The number of hydrogen-bond donors (Lipinski definition) is 1. The Bertz CT molecular complexity index is 266. The standard InChI is InChI=1S/C10H22N2O3S/c1-15-8-2-3-11-4-5-12-6-9-16(13,14)10-7-12/h11H,2-10H2,1H3. The average molecular weight is 250 g/mol. The topological polar surface area (TPSA) is 58.6 Å². The molecule has 0 aliphatic carbocycles. The maximum Gasteiger partial charge on any atom is 0.152 e. The molecule has 1 fully saturated rings. The number of nitrogens with one attached hydrogen (secondary N) is 1. The van der Waals surface area contributed by atoms with Crippen molar-refractivity contribution in [1.29, 1.82) is 0 Å². The van der Waals surface area contributed by atoms with E-state index in [4.69, 9.17) is 4.74 Å². The summed E-state index contributed by atoms with van der Waals surface area (Å²) < 4.78 is 27.3. The fourth-order valence-corrected chi connectivity index (χ4v) is 2.95. The van der Waals surface area contributed by atoms with Crippen LogP contribution in [-0.2, 0) is 14.6 Å². The summed E-state index contributed by atoms with van der Waals surface area (Å²) in [7, 11) is -1.03. The van der Waals surface area contributed by atoms with Gasteiger partial charge in [0.2, 0.25) is 0 Å². The first-order valence-corrected chi connectivity index (χ1v) is 7.58. The van der Waals surface area contributed by atoms with E-state index in [0.29, 0.717) is 24.6 Å². The van der Waals surface area contributed by atoms with Gasteiger partial charge in [-0.2, -0.15) is 0 Å². The van der Waals surface area contributed by atoms with Gasteiger partial charge in [-0.3, -0.25) is 0 Å². The van der Waals surface area contributed by atoms with E-state index in [9.17, 15) is 8.42 Å². The van der Waals surface area contributed by atoms with Crippen molar-refractivity contribution in [3.63, 3.8) is 0 Å². The highest BCUT2D eigenvalue weighted by Gasteiger charge is 2.20. The number of nitrogens with zero attached hydrogens (tertiary/aromatic N) is 1. The van der Waals surface area contributed by atoms with E-state index in [1.165, 1.54) is 0 Å². The van der Waals surface area contributed by atoms with E-state index < -0.39 is 9.84 Å². The Kier molecular flexibility index (Phi) is 6.26. The van der Waals surface area contributed by atoms with Gasteiger partial charge in [0.05, 0.1) is 11.5 Å². The van der Waals surface area contributed by atoms with Gasteiger partial charge in [-0.1, -0.05) is 0 Å². The molecule has 6 heteroatoms. The molecule has 0 aromatic carbocycles. The minimum Gasteiger partial charge on any atom is -0.385 e. The molecule has 5 nitrogen and oxygen atoms in total. The summed E-state index contributed by atoms with van der Waals surface area (Å²) in [6.45, 7) is 4.96. The van der Waals surface area contributed by atoms with E-state index in [1.807, 2.05) is 0 Å². The van der Waals surface area contributed by atoms with Crippen molar-refractivity contribution < 1.29 is 13.2 Å². The largest absolute Gasteiger partial charge is 0.385 e. The molecule has 0 aromatic rings. The predicted molar refractivity (Wildman–Crippen MR) is 64.5 cm³/mol. The summed E-state index contributed by atoms with van der Waals surface area (Å²) in [4.78, 5) is 2.20. The zero-order valence-electron chi connectivity index (χ0n) is 9.94. The maximum absolute atomic E-state index is 11.2. The first kappa shape index (κ1) is 13.9. The van der Waals surface area contributed by atoms with Crippen LogP contribution in [0, 0.1) is 0 Å². The van der Waals surface area contributed by atoms with E-state index in [2.05, 4.69) is 10.2 Å². The van der Waals surface area contributed by atoms with Gasteiger partial charge >= 0.3 is 0 Å². The molecule has 0 radical (unpaired) electrons. The van der Waals surface area contributed by atoms with Gasteiger partial charge in [-0.05, 0) is 13.0 Å². The number of hydrogen-bond acceptors (Lipinski definition) is 5. The molecule has 0 bridgehead atoms. The van der Waals surface area contributed by atoms with Crippen LogP contribution in [0.25, 0.3) is 0 Å². The molecular weight excluding hydrogens is 228 g/mol. The Morgan fingerprint density at radius 3 is 2.56 bits per heavy atom. The summed E-state index contributed by atoms with van der Waals surface area (Å²) >= 11 is 0. The molecule has 1 saturated heterocycles. The highest BCUT2D eigenvalue weighted by atomic mass is 32.2. The quantitative estimate of drug-likeness (QED) is 0.608. The lowest BCUT2D eigenvalue weighted by atomic mass is 10.4. The molecule has 1 aliphatic heterocycles. The van der Waals surface area contributed by atoms with Crippen LogP contribution in [0.2, 0.25) is 0 Å². The second-order valence-corrected chi connectivity index (χ2v) is 6.39. The van der Waals surface area contributed by atoms with Crippen molar-refractivity contribution in [3.8, 4) is 0 Å². The zero-order chi connectivity index (χ0) is 11.9. The monoisotopic (exact) mass is 250 g/mol. The molecule has 0 unspecified atom stereocenters. The van der Waals surface area contributed by atoms with Crippen LogP contribution in [0.3, 0.4) is 0 Å². The van der Waals surface area contributed by atoms with Crippen LogP contribution >= 0.6 is 0 Å². The van der Waals surface area contributed by atoms with Gasteiger partial charge in [-0.15, -0.1) is 0 Å². The first-order chi connectivity index (χ1) is 7.64. The molecule has 0 spiro atoms. The lowest BCUT2D eigenvalue weighted by molar-refractivity contribution is 0.193. The molecule has 1 N–H and O–H groups in total. The fourth-order valence-electron chi connectivity index (χ4n) is 1.68. The van der Waals surface area contributed by atoms with Gasteiger partial charge in [0.1, 0.15) is 0 Å². The maximum atomic E-state index is 11.2. The van der Waals surface area contributed by atoms with Gasteiger partial charge < -0.3 is 15.0 Å². The smallest absolute Gasteiger partial charge is 0.152 e. The van der Waals surface area contributed by atoms with Gasteiger partial charge in [-0.25, -0.2) is 8.42 Å². The van der Waals surface area contributed by atoms with E-state index >= 15 is 0 Å². The Labute approximate surface area is 98.1 Å². The zero-order valence-corrected chi connectivity index (χ0v) is 10.8. The SMILES string of the molecule is COCCCNCCN1CCS(=O)(=O)CC1. The van der Waals surface area contributed by atoms with E-state index in [-0.39, 0.29) is 0 Å². The lowest BCUT2D eigenvalue weighted by Gasteiger charge is -2.26. The normalized spacial score (nSPS) is 21.1. The van der Waals surface area contributed by atoms with Crippen LogP contribution in [-0.4, -0.2) is 71.3 Å². The van der Waals surface area contributed by atoms with Crippen molar-refractivity contribution in [2.45, 2.75) is 6.42 Å². The molecule has 16 heavy (non-hydrogen) atoms. The Morgan fingerprint density at radius 2 is 1.94 bits per heavy atom. The van der Waals surface area contributed by atoms with Crippen molar-refractivity contribution in [3.05, 3.63) is 0 Å². The summed E-state index contributed by atoms with van der Waals surface area (Å²) in [5.41, 5.74) is 0. The van der Waals surface area contributed by atoms with Crippen molar-refractivity contribution in [2.75, 3.05) is 57.9 Å². The minimum atomic E-state index is -2.74. The molecular formula is C10H22N2O3S. The summed E-state index contributed by atoms with van der Waals surface area (Å²) in [5.74, 6) is 0.632. The van der Waals surface area contributed by atoms with E-state index in [1.54, 1.807) is 7.11 Å². The third-order valence-corrected chi connectivity index (χ3v) is 4.35. The Balaban J connectivity index is 1.98. The number of sulfone groups is 1. The molecule has 1 rings (SSSR count). The van der Waals surface area contributed by atoms with Crippen molar-refractivity contribution in [2.24, 2.45) is 0 Å². The Morgan fingerprint density at radius 1 is 1.25 bits per heavy atom. The van der Waals surface area contributed by atoms with Crippen LogP contribution in [0.15, 0.2) is 0 Å². The second-order valence-electron chi connectivity index (χ2n) is 4.09. The van der Waals surface area contributed by atoms with E-state index in [0.717, 1.165) is 32.7 Å². The molecule has 1 aliphatic rings.